The van der Waals surface area contributed by atoms with Crippen LogP contribution in [-0.2, 0) is 19.1 Å². The Hall–Kier alpha value is -1.39. The molecule has 0 aromatic carbocycles. The second-order valence-electron chi connectivity index (χ2n) is 3.68. The number of esters is 1. The number of carbonyl (C=O) groups excluding carboxylic acids is 3. The van der Waals surface area contributed by atoms with Crippen LogP contribution in [0.1, 0.15) is 32.6 Å². The van der Waals surface area contributed by atoms with Gasteiger partial charge >= 0.3 is 5.97 Å². The minimum Gasteiger partial charge on any atom is -0.466 e. The predicted octanol–water partition coefficient (Wildman–Crippen LogP) is 0.177. The van der Waals surface area contributed by atoms with Gasteiger partial charge in [0.25, 0.3) is 0 Å². The van der Waals surface area contributed by atoms with Gasteiger partial charge in [0.05, 0.1) is 6.61 Å². The summed E-state index contributed by atoms with van der Waals surface area (Å²) >= 11 is 0. The first-order chi connectivity index (χ1) is 7.12. The van der Waals surface area contributed by atoms with Gasteiger partial charge in [0.1, 0.15) is 12.7 Å². The van der Waals surface area contributed by atoms with E-state index in [0.29, 0.717) is 6.42 Å². The van der Waals surface area contributed by atoms with Gasteiger partial charge in [-0.15, -0.1) is 0 Å². The van der Waals surface area contributed by atoms with E-state index in [4.69, 9.17) is 0 Å². The SMILES string of the molecule is CCOC(=O)CC(=O)NC1(CC=O)CC1. The molecule has 0 aromatic heterocycles. The molecule has 1 aliphatic rings. The lowest BCUT2D eigenvalue weighted by Crippen LogP contribution is -2.38. The Balaban J connectivity index is 2.30. The molecule has 0 aliphatic heterocycles. The minimum atomic E-state index is -0.531. The maximum absolute atomic E-state index is 11.3. The Morgan fingerprint density at radius 3 is 2.60 bits per heavy atom. The summed E-state index contributed by atoms with van der Waals surface area (Å²) in [4.78, 5) is 32.6. The Bertz CT molecular complexity index is 271. The number of ether oxygens (including phenoxy) is 1. The number of aldehydes is 1. The molecule has 1 rings (SSSR count). The molecule has 5 nitrogen and oxygen atoms in total. The van der Waals surface area contributed by atoms with Crippen LogP contribution in [0.25, 0.3) is 0 Å². The molecule has 0 atom stereocenters. The Morgan fingerprint density at radius 2 is 2.13 bits per heavy atom. The largest absolute Gasteiger partial charge is 0.466 e. The highest BCUT2D eigenvalue weighted by molar-refractivity contribution is 5.94. The first-order valence-electron chi connectivity index (χ1n) is 5.02. The van der Waals surface area contributed by atoms with Gasteiger partial charge in [0.2, 0.25) is 5.91 Å². The maximum Gasteiger partial charge on any atom is 0.315 e. The molecule has 5 heteroatoms. The molecule has 0 aromatic rings. The van der Waals surface area contributed by atoms with Gasteiger partial charge in [0.15, 0.2) is 0 Å². The molecule has 1 saturated carbocycles. The van der Waals surface area contributed by atoms with Gasteiger partial charge in [-0.2, -0.15) is 0 Å². The molecule has 15 heavy (non-hydrogen) atoms. The number of carbonyl (C=O) groups is 3. The summed E-state index contributed by atoms with van der Waals surface area (Å²) < 4.78 is 4.64. The van der Waals surface area contributed by atoms with Crippen molar-refractivity contribution >= 4 is 18.2 Å². The third-order valence-corrected chi connectivity index (χ3v) is 2.34. The zero-order chi connectivity index (χ0) is 11.3. The van der Waals surface area contributed by atoms with E-state index in [0.717, 1.165) is 19.1 Å². The molecule has 0 radical (unpaired) electrons. The normalized spacial score (nSPS) is 16.6. The number of amides is 1. The van der Waals surface area contributed by atoms with Crippen molar-refractivity contribution in [3.05, 3.63) is 0 Å². The van der Waals surface area contributed by atoms with Crippen LogP contribution in [0.3, 0.4) is 0 Å². The van der Waals surface area contributed by atoms with Gasteiger partial charge in [-0.1, -0.05) is 0 Å². The Kier molecular flexibility index (Phi) is 3.82. The number of rotatable bonds is 6. The lowest BCUT2D eigenvalue weighted by Gasteiger charge is -2.13. The van der Waals surface area contributed by atoms with Crippen LogP contribution in [0, 0.1) is 0 Å². The van der Waals surface area contributed by atoms with Crippen LogP contribution in [0.5, 0.6) is 0 Å². The van der Waals surface area contributed by atoms with Gasteiger partial charge in [0, 0.05) is 12.0 Å². The van der Waals surface area contributed by atoms with Crippen LogP contribution in [0.4, 0.5) is 0 Å². The Morgan fingerprint density at radius 1 is 1.47 bits per heavy atom. The van der Waals surface area contributed by atoms with Crippen molar-refractivity contribution in [2.75, 3.05) is 6.61 Å². The second kappa shape index (κ2) is 4.91. The molecule has 0 unspecified atom stereocenters. The van der Waals surface area contributed by atoms with Crippen LogP contribution < -0.4 is 5.32 Å². The van der Waals surface area contributed by atoms with E-state index < -0.39 is 5.97 Å². The molecular formula is C10H15NO4. The van der Waals surface area contributed by atoms with Crippen molar-refractivity contribution in [1.29, 1.82) is 0 Å². The number of hydrogen-bond acceptors (Lipinski definition) is 4. The van der Waals surface area contributed by atoms with Gasteiger partial charge < -0.3 is 14.8 Å². The van der Waals surface area contributed by atoms with Crippen LogP contribution in [-0.4, -0.2) is 30.3 Å². The van der Waals surface area contributed by atoms with E-state index in [2.05, 4.69) is 10.1 Å². The molecule has 0 saturated heterocycles. The molecule has 1 aliphatic carbocycles. The van der Waals surface area contributed by atoms with Crippen molar-refractivity contribution < 1.29 is 19.1 Å². The lowest BCUT2D eigenvalue weighted by atomic mass is 10.2. The predicted molar refractivity (Wildman–Crippen MR) is 52.0 cm³/mol. The summed E-state index contributed by atoms with van der Waals surface area (Å²) in [5.74, 6) is -0.898. The molecular weight excluding hydrogens is 198 g/mol. The second-order valence-corrected chi connectivity index (χ2v) is 3.68. The summed E-state index contributed by atoms with van der Waals surface area (Å²) in [5, 5.41) is 2.69. The third-order valence-electron chi connectivity index (χ3n) is 2.34. The third kappa shape index (κ3) is 3.69. The van der Waals surface area contributed by atoms with Gasteiger partial charge in [-0.3, -0.25) is 9.59 Å². The zero-order valence-electron chi connectivity index (χ0n) is 8.75. The van der Waals surface area contributed by atoms with Crippen LogP contribution in [0.15, 0.2) is 0 Å². The van der Waals surface area contributed by atoms with Crippen LogP contribution >= 0.6 is 0 Å². The molecule has 84 valence electrons. The molecule has 0 bridgehead atoms. The van der Waals surface area contributed by atoms with Crippen molar-refractivity contribution in [1.82, 2.24) is 5.32 Å². The topological polar surface area (TPSA) is 72.5 Å². The highest BCUT2D eigenvalue weighted by atomic mass is 16.5. The minimum absolute atomic E-state index is 0.269. The maximum atomic E-state index is 11.3. The standard InChI is InChI=1S/C10H15NO4/c1-2-15-9(14)7-8(13)11-10(3-4-10)5-6-12/h6H,2-5,7H2,1H3,(H,11,13). The van der Waals surface area contributed by atoms with E-state index in [9.17, 15) is 14.4 Å². The summed E-state index contributed by atoms with van der Waals surface area (Å²) in [7, 11) is 0. The first kappa shape index (κ1) is 11.7. The fourth-order valence-corrected chi connectivity index (χ4v) is 1.37. The average Bonchev–Trinajstić information content (AvgIpc) is 2.85. The van der Waals surface area contributed by atoms with Gasteiger partial charge in [-0.25, -0.2) is 0 Å². The molecule has 1 N–H and O–H groups in total. The fraction of sp³-hybridized carbons (Fsp3) is 0.700. The smallest absolute Gasteiger partial charge is 0.315 e. The van der Waals surface area contributed by atoms with E-state index in [1.54, 1.807) is 6.92 Å². The zero-order valence-corrected chi connectivity index (χ0v) is 8.75. The van der Waals surface area contributed by atoms with E-state index in [1.165, 1.54) is 0 Å². The van der Waals surface area contributed by atoms with E-state index >= 15 is 0 Å². The molecule has 1 fully saturated rings. The van der Waals surface area contributed by atoms with Gasteiger partial charge in [-0.05, 0) is 19.8 Å². The fourth-order valence-electron chi connectivity index (χ4n) is 1.37. The molecule has 0 spiro atoms. The molecule has 0 heterocycles. The monoisotopic (exact) mass is 213 g/mol. The average molecular weight is 213 g/mol. The van der Waals surface area contributed by atoms with Crippen molar-refractivity contribution in [2.45, 2.75) is 38.1 Å². The number of hydrogen-bond donors (Lipinski definition) is 1. The van der Waals surface area contributed by atoms with Crippen LogP contribution in [0.2, 0.25) is 0 Å². The lowest BCUT2D eigenvalue weighted by molar-refractivity contribution is -0.146. The van der Waals surface area contributed by atoms with Crippen molar-refractivity contribution in [2.24, 2.45) is 0 Å². The van der Waals surface area contributed by atoms with Crippen molar-refractivity contribution in [3.8, 4) is 0 Å². The highest BCUT2D eigenvalue weighted by Gasteiger charge is 2.43. The first-order valence-corrected chi connectivity index (χ1v) is 5.02. The Labute approximate surface area is 88.2 Å². The summed E-state index contributed by atoms with van der Waals surface area (Å²) in [5.41, 5.74) is -0.370. The summed E-state index contributed by atoms with van der Waals surface area (Å²) in [6.45, 7) is 1.95. The summed E-state index contributed by atoms with van der Waals surface area (Å²) in [6.07, 6.45) is 2.45. The molecule has 1 amide bonds. The van der Waals surface area contributed by atoms with E-state index in [1.807, 2.05) is 0 Å². The van der Waals surface area contributed by atoms with E-state index in [-0.39, 0.29) is 24.5 Å². The quantitative estimate of drug-likeness (QED) is 0.388. The highest BCUT2D eigenvalue weighted by Crippen LogP contribution is 2.37. The van der Waals surface area contributed by atoms with Crippen molar-refractivity contribution in [3.63, 3.8) is 0 Å². The number of nitrogens with one attached hydrogen (secondary N) is 1. The summed E-state index contributed by atoms with van der Waals surface area (Å²) in [6, 6.07) is 0.